The minimum absolute atomic E-state index is 0.0204. The van der Waals surface area contributed by atoms with Crippen molar-refractivity contribution in [2.45, 2.75) is 6.92 Å². The van der Waals surface area contributed by atoms with Crippen molar-refractivity contribution in [1.29, 1.82) is 5.41 Å². The number of nitrogens with one attached hydrogen (secondary N) is 1. The predicted octanol–water partition coefficient (Wildman–Crippen LogP) is 4.96. The summed E-state index contributed by atoms with van der Waals surface area (Å²) in [6.45, 7) is 1.98. The molecule has 2 aliphatic rings. The molecule has 8 nitrogen and oxygen atoms in total. The number of halogens is 1. The normalized spacial score (nSPS) is 16.7. The molecule has 0 saturated heterocycles. The largest absolute Gasteiger partial charge is 0.493 e. The van der Waals surface area contributed by atoms with Gasteiger partial charge in [-0.3, -0.25) is 10.2 Å². The number of methoxy groups -OCH3 is 1. The number of nitrogens with zero attached hydrogens (tertiary/aromatic N) is 3. The SMILES string of the molecule is CCSC1=NSC2=NC(=O)/C(=C\c3cc(Cl)c(OC(=O)c4cccs4)c(OC)c3)C(=N)N12. The highest BCUT2D eigenvalue weighted by molar-refractivity contribution is 8.19. The van der Waals surface area contributed by atoms with E-state index in [1.165, 1.54) is 42.4 Å². The minimum Gasteiger partial charge on any atom is -0.493 e. The van der Waals surface area contributed by atoms with E-state index in [9.17, 15) is 9.59 Å². The van der Waals surface area contributed by atoms with Crippen LogP contribution in [0.1, 0.15) is 22.2 Å². The lowest BCUT2D eigenvalue weighted by molar-refractivity contribution is -0.114. The molecule has 0 saturated carbocycles. The first-order valence-electron chi connectivity index (χ1n) is 9.17. The molecule has 1 aromatic heterocycles. The lowest BCUT2D eigenvalue weighted by Gasteiger charge is -2.24. The van der Waals surface area contributed by atoms with E-state index in [1.807, 2.05) is 6.92 Å². The number of rotatable bonds is 5. The molecule has 164 valence electrons. The zero-order valence-corrected chi connectivity index (χ0v) is 20.0. The maximum atomic E-state index is 12.6. The van der Waals surface area contributed by atoms with Crippen molar-refractivity contribution < 1.29 is 19.1 Å². The highest BCUT2D eigenvalue weighted by Gasteiger charge is 2.37. The third kappa shape index (κ3) is 4.33. The zero-order chi connectivity index (χ0) is 22.8. The van der Waals surface area contributed by atoms with Gasteiger partial charge in [0.05, 0.1) is 29.7 Å². The van der Waals surface area contributed by atoms with Crippen molar-refractivity contribution in [2.75, 3.05) is 12.9 Å². The zero-order valence-electron chi connectivity index (χ0n) is 16.7. The average molecular weight is 507 g/mol. The van der Waals surface area contributed by atoms with E-state index in [2.05, 4.69) is 9.39 Å². The fourth-order valence-electron chi connectivity index (χ4n) is 2.85. The Kier molecular flexibility index (Phi) is 6.70. The second kappa shape index (κ2) is 9.49. The van der Waals surface area contributed by atoms with Gasteiger partial charge in [0.1, 0.15) is 10.7 Å². The van der Waals surface area contributed by atoms with Crippen LogP contribution in [-0.2, 0) is 4.79 Å². The van der Waals surface area contributed by atoms with Crippen LogP contribution in [0.5, 0.6) is 11.5 Å². The first kappa shape index (κ1) is 22.6. The second-order valence-electron chi connectivity index (χ2n) is 6.24. The average Bonchev–Trinajstić information content (AvgIpc) is 3.43. The minimum atomic E-state index is -0.552. The Morgan fingerprint density at radius 2 is 2.22 bits per heavy atom. The maximum Gasteiger partial charge on any atom is 0.353 e. The second-order valence-corrected chi connectivity index (χ2v) is 9.56. The summed E-state index contributed by atoms with van der Waals surface area (Å²) in [5.41, 5.74) is 0.574. The topological polar surface area (TPSA) is 104 Å². The summed E-state index contributed by atoms with van der Waals surface area (Å²) in [7, 11) is 1.42. The molecule has 0 aliphatic carbocycles. The smallest absolute Gasteiger partial charge is 0.353 e. The number of aliphatic imine (C=N–C) groups is 1. The highest BCUT2D eigenvalue weighted by Crippen LogP contribution is 2.38. The molecule has 2 aliphatic heterocycles. The number of thiophene rings is 1. The van der Waals surface area contributed by atoms with Gasteiger partial charge in [-0.15, -0.1) is 11.3 Å². The van der Waals surface area contributed by atoms with Crippen LogP contribution in [0.3, 0.4) is 0 Å². The molecular formula is C20H15ClN4O4S3. The van der Waals surface area contributed by atoms with Gasteiger partial charge in [0, 0.05) is 0 Å². The fraction of sp³-hybridized carbons (Fsp3) is 0.150. The van der Waals surface area contributed by atoms with Crippen molar-refractivity contribution in [2.24, 2.45) is 9.39 Å². The number of hydrogen-bond acceptors (Lipinski definition) is 9. The number of carbonyl (C=O) groups excluding carboxylic acids is 2. The molecule has 0 spiro atoms. The van der Waals surface area contributed by atoms with E-state index in [0.717, 1.165) is 17.7 Å². The first-order valence-corrected chi connectivity index (χ1v) is 12.2. The van der Waals surface area contributed by atoms with Gasteiger partial charge < -0.3 is 9.47 Å². The van der Waals surface area contributed by atoms with Crippen LogP contribution in [0.4, 0.5) is 0 Å². The molecular weight excluding hydrogens is 492 g/mol. The van der Waals surface area contributed by atoms with Crippen LogP contribution in [0, 0.1) is 5.41 Å². The van der Waals surface area contributed by atoms with Gasteiger partial charge in [0.15, 0.2) is 16.7 Å². The third-order valence-electron chi connectivity index (χ3n) is 4.25. The van der Waals surface area contributed by atoms with Crippen LogP contribution < -0.4 is 9.47 Å². The summed E-state index contributed by atoms with van der Waals surface area (Å²) in [5, 5.41) is 11.4. The molecule has 1 amide bonds. The molecule has 1 aromatic carbocycles. The molecule has 0 atom stereocenters. The summed E-state index contributed by atoms with van der Waals surface area (Å²) in [4.78, 5) is 30.9. The van der Waals surface area contributed by atoms with Crippen LogP contribution in [0.15, 0.2) is 44.6 Å². The van der Waals surface area contributed by atoms with E-state index in [4.69, 9.17) is 26.5 Å². The monoisotopic (exact) mass is 506 g/mol. The van der Waals surface area contributed by atoms with Crippen molar-refractivity contribution in [3.05, 3.63) is 50.7 Å². The standard InChI is InChI=1S/C20H15ClN4O4S3/c1-3-30-20-24-32-19-23-17(26)11(16(22)25(19)20)7-10-8-12(21)15(13(9-10)28-2)29-18(27)14-5-4-6-31-14/h4-9,22H,3H2,1-2H3/b11-7-,22-16?. The van der Waals surface area contributed by atoms with E-state index in [-0.39, 0.29) is 27.9 Å². The van der Waals surface area contributed by atoms with Crippen LogP contribution in [0.2, 0.25) is 5.02 Å². The Balaban J connectivity index is 1.66. The van der Waals surface area contributed by atoms with Gasteiger partial charge >= 0.3 is 5.97 Å². The van der Waals surface area contributed by atoms with Gasteiger partial charge in [0.25, 0.3) is 5.91 Å². The Labute approximate surface area is 201 Å². The summed E-state index contributed by atoms with van der Waals surface area (Å²) in [6, 6.07) is 6.49. The molecule has 32 heavy (non-hydrogen) atoms. The number of amides is 1. The van der Waals surface area contributed by atoms with E-state index >= 15 is 0 Å². The van der Waals surface area contributed by atoms with Crippen LogP contribution in [0.25, 0.3) is 6.08 Å². The lowest BCUT2D eigenvalue weighted by Crippen LogP contribution is -2.41. The summed E-state index contributed by atoms with van der Waals surface area (Å²) >= 11 is 10.2. The quantitative estimate of drug-likeness (QED) is 0.264. The van der Waals surface area contributed by atoms with Gasteiger partial charge in [-0.2, -0.15) is 9.39 Å². The van der Waals surface area contributed by atoms with Crippen molar-refractivity contribution >= 4 is 80.8 Å². The molecule has 0 fully saturated rings. The van der Waals surface area contributed by atoms with Crippen molar-refractivity contribution in [1.82, 2.24) is 4.90 Å². The first-order chi connectivity index (χ1) is 15.4. The molecule has 1 N–H and O–H groups in total. The summed E-state index contributed by atoms with van der Waals surface area (Å²) in [5.74, 6) is -0.0623. The Morgan fingerprint density at radius 3 is 2.91 bits per heavy atom. The molecule has 12 heteroatoms. The molecule has 4 rings (SSSR count). The molecule has 0 bridgehead atoms. The maximum absolute atomic E-state index is 12.6. The van der Waals surface area contributed by atoms with E-state index < -0.39 is 11.9 Å². The number of ether oxygens (including phenoxy) is 2. The van der Waals surface area contributed by atoms with E-state index in [0.29, 0.717) is 20.8 Å². The van der Waals surface area contributed by atoms with Crippen molar-refractivity contribution in [3.8, 4) is 11.5 Å². The summed E-state index contributed by atoms with van der Waals surface area (Å²) < 4.78 is 15.1. The van der Waals surface area contributed by atoms with Crippen molar-refractivity contribution in [3.63, 3.8) is 0 Å². The summed E-state index contributed by atoms with van der Waals surface area (Å²) in [6.07, 6.45) is 1.50. The third-order valence-corrected chi connectivity index (χ3v) is 7.02. The number of esters is 1. The molecule has 3 heterocycles. The Bertz CT molecular complexity index is 1210. The van der Waals surface area contributed by atoms with Gasteiger partial charge in [-0.05, 0) is 41.0 Å². The highest BCUT2D eigenvalue weighted by atomic mass is 35.5. The lowest BCUT2D eigenvalue weighted by atomic mass is 10.1. The number of hydrogen-bond donors (Lipinski definition) is 1. The van der Waals surface area contributed by atoms with E-state index in [1.54, 1.807) is 28.5 Å². The molecule has 0 unspecified atom stereocenters. The van der Waals surface area contributed by atoms with Gasteiger partial charge in [0.2, 0.25) is 5.17 Å². The molecule has 0 radical (unpaired) electrons. The Morgan fingerprint density at radius 1 is 1.41 bits per heavy atom. The van der Waals surface area contributed by atoms with Gasteiger partial charge in [-0.1, -0.05) is 36.4 Å². The fourth-order valence-corrected chi connectivity index (χ4v) is 5.28. The Hall–Kier alpha value is -2.60. The molecule has 2 aromatic rings. The number of amidine groups is 3. The number of carbonyl (C=O) groups is 2. The van der Waals surface area contributed by atoms with Crippen LogP contribution >= 0.6 is 46.6 Å². The number of benzene rings is 1. The predicted molar refractivity (Wildman–Crippen MR) is 130 cm³/mol. The number of thioether (sulfide) groups is 1. The number of fused-ring (bicyclic) bond motifs is 1. The van der Waals surface area contributed by atoms with Crippen LogP contribution in [-0.4, -0.2) is 45.8 Å². The van der Waals surface area contributed by atoms with Gasteiger partial charge in [-0.25, -0.2) is 9.69 Å².